The van der Waals surface area contributed by atoms with Crippen LogP contribution in [0, 0.1) is 0 Å². The van der Waals surface area contributed by atoms with E-state index < -0.39 is 0 Å². The second kappa shape index (κ2) is 24.0. The van der Waals surface area contributed by atoms with Gasteiger partial charge in [0.15, 0.2) is 0 Å². The average Bonchev–Trinajstić information content (AvgIpc) is 2.83. The maximum absolute atomic E-state index is 9.52. The van der Waals surface area contributed by atoms with Crippen LogP contribution in [0.3, 0.4) is 0 Å². The molecule has 0 aliphatic heterocycles. The van der Waals surface area contributed by atoms with Crippen molar-refractivity contribution in [3.05, 3.63) is 89.0 Å². The zero-order valence-electron chi connectivity index (χ0n) is 20.8. The van der Waals surface area contributed by atoms with Crippen molar-refractivity contribution in [2.45, 2.75) is 66.2 Å². The summed E-state index contributed by atoms with van der Waals surface area (Å²) in [7, 11) is 0. The van der Waals surface area contributed by atoms with Gasteiger partial charge in [0, 0.05) is 6.26 Å². The van der Waals surface area contributed by atoms with Crippen LogP contribution < -0.4 is 0 Å². The summed E-state index contributed by atoms with van der Waals surface area (Å²) in [6.45, 7) is 8.52. The molecular weight excluding hydrogens is 432 g/mol. The SMILES string of the molecule is CC=C(C)CCCc1ccccc1.CC=C(C)CCCc1ccccc1O.CS.CSO. The molecule has 2 aromatic rings. The molecule has 2 aromatic carbocycles. The third-order valence-corrected chi connectivity index (χ3v) is 4.87. The number of aryl methyl sites for hydroxylation is 2. The molecule has 0 saturated heterocycles. The third kappa shape index (κ3) is 19.1. The van der Waals surface area contributed by atoms with Crippen molar-refractivity contribution in [3.63, 3.8) is 0 Å². The number of benzene rings is 2. The Kier molecular flexibility index (Phi) is 24.5. The molecule has 2 N–H and O–H groups in total. The molecule has 0 amide bonds. The molecule has 0 unspecified atom stereocenters. The van der Waals surface area contributed by atoms with Gasteiger partial charge >= 0.3 is 0 Å². The number of hydrogen-bond acceptors (Lipinski definition) is 4. The first-order chi connectivity index (χ1) is 15.5. The Hall–Kier alpha value is -1.62. The predicted octanol–water partition coefficient (Wildman–Crippen LogP) is 9.03. The summed E-state index contributed by atoms with van der Waals surface area (Å²) >= 11 is 4.28. The lowest BCUT2D eigenvalue weighted by atomic mass is 10.0. The minimum absolute atomic E-state index is 0.422. The Morgan fingerprint density at radius 3 is 1.72 bits per heavy atom. The van der Waals surface area contributed by atoms with Crippen molar-refractivity contribution in [1.82, 2.24) is 0 Å². The van der Waals surface area contributed by atoms with Crippen molar-refractivity contribution < 1.29 is 9.66 Å². The van der Waals surface area contributed by atoms with E-state index in [4.69, 9.17) is 4.55 Å². The average molecular weight is 477 g/mol. The van der Waals surface area contributed by atoms with E-state index in [1.165, 1.54) is 36.0 Å². The van der Waals surface area contributed by atoms with E-state index in [1.807, 2.05) is 18.2 Å². The Labute approximate surface area is 207 Å². The fraction of sp³-hybridized carbons (Fsp3) is 0.429. The smallest absolute Gasteiger partial charge is 0.118 e. The topological polar surface area (TPSA) is 40.5 Å². The number of hydrogen-bond donors (Lipinski definition) is 3. The second-order valence-electron chi connectivity index (χ2n) is 7.27. The molecule has 0 spiro atoms. The molecule has 180 valence electrons. The van der Waals surface area contributed by atoms with Crippen molar-refractivity contribution in [3.8, 4) is 5.75 Å². The number of phenols is 1. The lowest BCUT2D eigenvalue weighted by molar-refractivity contribution is 0.467. The van der Waals surface area contributed by atoms with Crippen LogP contribution in [0.4, 0.5) is 0 Å². The molecule has 0 atom stereocenters. The molecule has 2 rings (SSSR count). The lowest BCUT2D eigenvalue weighted by Crippen LogP contribution is -1.87. The zero-order chi connectivity index (χ0) is 24.6. The summed E-state index contributed by atoms with van der Waals surface area (Å²) < 4.78 is 7.49. The normalized spacial score (nSPS) is 10.6. The zero-order valence-corrected chi connectivity index (χ0v) is 22.6. The molecule has 4 heteroatoms. The van der Waals surface area contributed by atoms with E-state index in [0.29, 0.717) is 5.75 Å². The number of aromatic hydroxyl groups is 1. The highest BCUT2D eigenvalue weighted by molar-refractivity contribution is 7.93. The maximum Gasteiger partial charge on any atom is 0.118 e. The molecule has 0 saturated carbocycles. The molecular formula is C28H44O2S2. The monoisotopic (exact) mass is 476 g/mol. The first-order valence-electron chi connectivity index (χ1n) is 11.1. The van der Waals surface area contributed by atoms with Crippen LogP contribution in [0.15, 0.2) is 77.9 Å². The van der Waals surface area contributed by atoms with E-state index in [0.717, 1.165) is 36.9 Å². The maximum atomic E-state index is 9.52. The van der Waals surface area contributed by atoms with Gasteiger partial charge in [-0.2, -0.15) is 12.6 Å². The predicted molar refractivity (Wildman–Crippen MR) is 150 cm³/mol. The van der Waals surface area contributed by atoms with E-state index in [2.05, 4.69) is 82.8 Å². The lowest BCUT2D eigenvalue weighted by Gasteiger charge is -2.04. The van der Waals surface area contributed by atoms with Gasteiger partial charge < -0.3 is 9.66 Å². The number of rotatable bonds is 8. The van der Waals surface area contributed by atoms with E-state index in [-0.39, 0.29) is 0 Å². The molecule has 0 heterocycles. The van der Waals surface area contributed by atoms with Crippen LogP contribution in [0.5, 0.6) is 5.75 Å². The number of allylic oxidation sites excluding steroid dienone is 4. The highest BCUT2D eigenvalue weighted by Gasteiger charge is 1.99. The fourth-order valence-electron chi connectivity index (χ4n) is 2.78. The number of phenolic OH excluding ortho intramolecular Hbond substituents is 1. The van der Waals surface area contributed by atoms with Crippen LogP contribution in [-0.4, -0.2) is 22.2 Å². The standard InChI is InChI=1S/C13H18O.C13H18.CH4OS.CH4S/c1-3-11(2)7-6-9-12-8-4-5-10-13(12)14;1-3-12(2)8-7-11-13-9-5-4-6-10-13;1-3-2;1-2/h3-5,8,10,14H,6-7,9H2,1-2H3;3-6,9-10H,7-8,11H2,1-2H3;2H,1H3;2H,1H3. The molecule has 0 bridgehead atoms. The van der Waals surface area contributed by atoms with E-state index in [9.17, 15) is 5.11 Å². The van der Waals surface area contributed by atoms with Crippen LogP contribution in [0.2, 0.25) is 0 Å². The first-order valence-corrected chi connectivity index (χ1v) is 13.2. The van der Waals surface area contributed by atoms with E-state index >= 15 is 0 Å². The summed E-state index contributed by atoms with van der Waals surface area (Å²) in [5, 5.41) is 9.52. The van der Waals surface area contributed by atoms with Gasteiger partial charge in [-0.05, 0) is 102 Å². The van der Waals surface area contributed by atoms with Crippen molar-refractivity contribution in [2.75, 3.05) is 12.5 Å². The van der Waals surface area contributed by atoms with Crippen LogP contribution in [0.25, 0.3) is 0 Å². The molecule has 0 aliphatic carbocycles. The quantitative estimate of drug-likeness (QED) is 0.202. The number of thiol groups is 1. The summed E-state index contributed by atoms with van der Waals surface area (Å²) in [5.41, 5.74) is 5.42. The molecule has 32 heavy (non-hydrogen) atoms. The second-order valence-corrected chi connectivity index (χ2v) is 7.64. The molecule has 0 aromatic heterocycles. The van der Waals surface area contributed by atoms with Crippen LogP contribution >= 0.6 is 24.7 Å². The van der Waals surface area contributed by atoms with Gasteiger partial charge in [-0.3, -0.25) is 0 Å². The van der Waals surface area contributed by atoms with Gasteiger partial charge in [-0.1, -0.05) is 71.8 Å². The van der Waals surface area contributed by atoms with Gasteiger partial charge in [0.05, 0.1) is 0 Å². The fourth-order valence-corrected chi connectivity index (χ4v) is 2.78. The minimum atomic E-state index is 0.422. The Morgan fingerprint density at radius 2 is 1.25 bits per heavy atom. The Morgan fingerprint density at radius 1 is 0.812 bits per heavy atom. The van der Waals surface area contributed by atoms with Gasteiger partial charge in [0.25, 0.3) is 0 Å². The highest BCUT2D eigenvalue weighted by Crippen LogP contribution is 2.18. The third-order valence-electron chi connectivity index (χ3n) is 4.87. The van der Waals surface area contributed by atoms with Crippen molar-refractivity contribution in [2.24, 2.45) is 0 Å². The Balaban J connectivity index is 0. The van der Waals surface area contributed by atoms with Crippen molar-refractivity contribution in [1.29, 1.82) is 0 Å². The van der Waals surface area contributed by atoms with Gasteiger partial charge in [0.2, 0.25) is 0 Å². The molecule has 0 radical (unpaired) electrons. The summed E-state index contributed by atoms with van der Waals surface area (Å²) in [6, 6.07) is 18.2. The van der Waals surface area contributed by atoms with Gasteiger partial charge in [0.1, 0.15) is 5.75 Å². The van der Waals surface area contributed by atoms with Gasteiger partial charge in [-0.15, -0.1) is 0 Å². The number of para-hydroxylation sites is 1. The van der Waals surface area contributed by atoms with Crippen LogP contribution in [0.1, 0.15) is 64.5 Å². The molecule has 0 aliphatic rings. The summed E-state index contributed by atoms with van der Waals surface area (Å²) in [6.07, 6.45) is 14.5. The Bertz CT molecular complexity index is 725. The summed E-state index contributed by atoms with van der Waals surface area (Å²) in [4.78, 5) is 0. The molecule has 0 fully saturated rings. The first kappa shape index (κ1) is 32.6. The van der Waals surface area contributed by atoms with Crippen LogP contribution in [-0.2, 0) is 12.8 Å². The largest absolute Gasteiger partial charge is 0.508 e. The van der Waals surface area contributed by atoms with Gasteiger partial charge in [-0.25, -0.2) is 0 Å². The van der Waals surface area contributed by atoms with Crippen molar-refractivity contribution >= 4 is 24.7 Å². The molecule has 2 nitrogen and oxygen atoms in total. The van der Waals surface area contributed by atoms with E-state index in [1.54, 1.807) is 18.6 Å². The minimum Gasteiger partial charge on any atom is -0.508 e. The highest BCUT2D eigenvalue weighted by atomic mass is 32.2. The summed E-state index contributed by atoms with van der Waals surface area (Å²) in [5.74, 6) is 0.422.